The number of hydrogen-bond acceptors (Lipinski definition) is 5. The van der Waals surface area contributed by atoms with Crippen molar-refractivity contribution in [2.24, 2.45) is 5.14 Å². The van der Waals surface area contributed by atoms with Gasteiger partial charge in [-0.25, -0.2) is 23.5 Å². The van der Waals surface area contributed by atoms with Crippen molar-refractivity contribution in [2.45, 2.75) is 30.6 Å². The molecule has 0 atom stereocenters. The highest BCUT2D eigenvalue weighted by molar-refractivity contribution is 7.89. The van der Waals surface area contributed by atoms with Gasteiger partial charge in [-0.3, -0.25) is 0 Å². The lowest BCUT2D eigenvalue weighted by molar-refractivity contribution is 0.598. The zero-order valence-corrected chi connectivity index (χ0v) is 12.2. The van der Waals surface area contributed by atoms with Gasteiger partial charge in [-0.1, -0.05) is 6.07 Å². The minimum absolute atomic E-state index is 0.0606. The van der Waals surface area contributed by atoms with Crippen LogP contribution in [0.2, 0.25) is 0 Å². The molecule has 1 aliphatic rings. The second-order valence-corrected chi connectivity index (χ2v) is 6.63. The third kappa shape index (κ3) is 3.20. The minimum Gasteiger partial charge on any atom is -0.324 e. The van der Waals surface area contributed by atoms with Gasteiger partial charge in [0, 0.05) is 17.6 Å². The normalized spacial score (nSPS) is 14.5. The number of aromatic nitrogens is 2. The number of anilines is 2. The number of nitrogens with two attached hydrogens (primary N) is 1. The Hall–Kier alpha value is -1.99. The highest BCUT2D eigenvalue weighted by atomic mass is 32.2. The zero-order valence-electron chi connectivity index (χ0n) is 11.4. The fourth-order valence-electron chi connectivity index (χ4n) is 2.42. The molecule has 0 aliphatic heterocycles. The molecule has 3 rings (SSSR count). The van der Waals surface area contributed by atoms with Gasteiger partial charge < -0.3 is 5.32 Å². The lowest BCUT2D eigenvalue weighted by atomic mass is 9.98. The van der Waals surface area contributed by atoms with Crippen molar-refractivity contribution in [1.29, 1.82) is 0 Å². The first-order valence-electron chi connectivity index (χ1n) is 6.77. The Morgan fingerprint density at radius 3 is 2.81 bits per heavy atom. The summed E-state index contributed by atoms with van der Waals surface area (Å²) in [6.45, 7) is 0. The van der Waals surface area contributed by atoms with Gasteiger partial charge in [0.05, 0.1) is 4.90 Å². The standard InChI is InChI=1S/C14H16N4O2S/c15-21(19,20)12-6-3-5-11(8-12)17-14-16-9-10-4-1-2-7-13(10)18-14/h3,5-6,8-9H,1-2,4,7H2,(H2,15,19,20)(H,16,17,18). The third-order valence-electron chi connectivity index (χ3n) is 3.48. The minimum atomic E-state index is -3.71. The first kappa shape index (κ1) is 14.0. The third-order valence-corrected chi connectivity index (χ3v) is 4.39. The topological polar surface area (TPSA) is 98.0 Å². The van der Waals surface area contributed by atoms with Crippen LogP contribution in [0, 0.1) is 0 Å². The average Bonchev–Trinajstić information content (AvgIpc) is 2.46. The van der Waals surface area contributed by atoms with Crippen LogP contribution >= 0.6 is 0 Å². The molecule has 0 amide bonds. The number of rotatable bonds is 3. The average molecular weight is 304 g/mol. The molecular weight excluding hydrogens is 288 g/mol. The molecular formula is C14H16N4O2S. The number of primary sulfonamides is 1. The second kappa shape index (κ2) is 5.42. The lowest BCUT2D eigenvalue weighted by Gasteiger charge is -2.15. The lowest BCUT2D eigenvalue weighted by Crippen LogP contribution is -2.12. The van der Waals surface area contributed by atoms with E-state index in [1.165, 1.54) is 24.1 Å². The molecule has 3 N–H and O–H groups in total. The fraction of sp³-hybridized carbons (Fsp3) is 0.286. The van der Waals surface area contributed by atoms with Crippen LogP contribution in [0.4, 0.5) is 11.6 Å². The van der Waals surface area contributed by atoms with Gasteiger partial charge >= 0.3 is 0 Å². The Morgan fingerprint density at radius 2 is 2.00 bits per heavy atom. The van der Waals surface area contributed by atoms with E-state index in [0.29, 0.717) is 11.6 Å². The highest BCUT2D eigenvalue weighted by Crippen LogP contribution is 2.22. The Morgan fingerprint density at radius 1 is 1.19 bits per heavy atom. The van der Waals surface area contributed by atoms with Crippen molar-refractivity contribution in [1.82, 2.24) is 9.97 Å². The van der Waals surface area contributed by atoms with Crippen molar-refractivity contribution in [2.75, 3.05) is 5.32 Å². The number of aryl methyl sites for hydroxylation is 2. The number of hydrogen-bond donors (Lipinski definition) is 2. The van der Waals surface area contributed by atoms with E-state index in [9.17, 15) is 8.42 Å². The van der Waals surface area contributed by atoms with Crippen molar-refractivity contribution >= 4 is 21.7 Å². The molecule has 110 valence electrons. The van der Waals surface area contributed by atoms with E-state index in [1.807, 2.05) is 6.20 Å². The van der Waals surface area contributed by atoms with E-state index in [2.05, 4.69) is 15.3 Å². The predicted molar refractivity (Wildman–Crippen MR) is 79.8 cm³/mol. The molecule has 1 aliphatic carbocycles. The molecule has 1 aromatic heterocycles. The molecule has 6 nitrogen and oxygen atoms in total. The Labute approximate surface area is 123 Å². The van der Waals surface area contributed by atoms with Gasteiger partial charge in [-0.15, -0.1) is 0 Å². The second-order valence-electron chi connectivity index (χ2n) is 5.07. The summed E-state index contributed by atoms with van der Waals surface area (Å²) in [6, 6.07) is 6.30. The predicted octanol–water partition coefficient (Wildman–Crippen LogP) is 1.75. The van der Waals surface area contributed by atoms with E-state index in [-0.39, 0.29) is 4.90 Å². The monoisotopic (exact) mass is 304 g/mol. The molecule has 0 unspecified atom stereocenters. The maximum absolute atomic E-state index is 11.3. The molecule has 0 spiro atoms. The number of nitrogens with zero attached hydrogens (tertiary/aromatic N) is 2. The van der Waals surface area contributed by atoms with E-state index < -0.39 is 10.0 Å². The van der Waals surface area contributed by atoms with Crippen molar-refractivity contribution in [3.05, 3.63) is 41.7 Å². The number of nitrogens with one attached hydrogen (secondary N) is 1. The summed E-state index contributed by atoms with van der Waals surface area (Å²) in [6.07, 6.45) is 6.15. The molecule has 0 saturated heterocycles. The van der Waals surface area contributed by atoms with Gasteiger partial charge in [-0.2, -0.15) is 0 Å². The van der Waals surface area contributed by atoms with Crippen LogP contribution in [0.25, 0.3) is 0 Å². The molecule has 1 aromatic carbocycles. The zero-order chi connectivity index (χ0) is 14.9. The van der Waals surface area contributed by atoms with Gasteiger partial charge in [-0.05, 0) is 49.4 Å². The first-order chi connectivity index (χ1) is 10.0. The molecule has 0 radical (unpaired) electrons. The van der Waals surface area contributed by atoms with E-state index in [1.54, 1.807) is 12.1 Å². The summed E-state index contributed by atoms with van der Waals surface area (Å²) >= 11 is 0. The van der Waals surface area contributed by atoms with Crippen LogP contribution < -0.4 is 10.5 Å². The maximum atomic E-state index is 11.3. The van der Waals surface area contributed by atoms with E-state index >= 15 is 0 Å². The Kier molecular flexibility index (Phi) is 3.60. The van der Waals surface area contributed by atoms with Gasteiger partial charge in [0.15, 0.2) is 0 Å². The molecule has 0 bridgehead atoms. The molecule has 21 heavy (non-hydrogen) atoms. The largest absolute Gasteiger partial charge is 0.324 e. The first-order valence-corrected chi connectivity index (χ1v) is 8.32. The van der Waals surface area contributed by atoms with E-state index in [4.69, 9.17) is 5.14 Å². The van der Waals surface area contributed by atoms with Crippen LogP contribution in [0.15, 0.2) is 35.4 Å². The molecule has 1 heterocycles. The smallest absolute Gasteiger partial charge is 0.238 e. The summed E-state index contributed by atoms with van der Waals surface area (Å²) in [5, 5.41) is 8.15. The fourth-order valence-corrected chi connectivity index (χ4v) is 2.97. The van der Waals surface area contributed by atoms with Crippen molar-refractivity contribution in [3.63, 3.8) is 0 Å². The van der Waals surface area contributed by atoms with Crippen LogP contribution in [0.5, 0.6) is 0 Å². The van der Waals surface area contributed by atoms with Gasteiger partial charge in [0.25, 0.3) is 0 Å². The summed E-state index contributed by atoms with van der Waals surface area (Å²) in [5.74, 6) is 0.474. The summed E-state index contributed by atoms with van der Waals surface area (Å²) < 4.78 is 22.7. The van der Waals surface area contributed by atoms with Crippen molar-refractivity contribution < 1.29 is 8.42 Å². The summed E-state index contributed by atoms with van der Waals surface area (Å²) in [7, 11) is -3.71. The number of sulfonamides is 1. The Balaban J connectivity index is 1.87. The summed E-state index contributed by atoms with van der Waals surface area (Å²) in [5.41, 5.74) is 2.86. The molecule has 2 aromatic rings. The van der Waals surface area contributed by atoms with Crippen LogP contribution in [-0.2, 0) is 22.9 Å². The van der Waals surface area contributed by atoms with Crippen LogP contribution in [0.1, 0.15) is 24.1 Å². The van der Waals surface area contributed by atoms with Gasteiger partial charge in [0.2, 0.25) is 16.0 Å². The molecule has 0 saturated carbocycles. The van der Waals surface area contributed by atoms with Crippen molar-refractivity contribution in [3.8, 4) is 0 Å². The molecule has 7 heteroatoms. The summed E-state index contributed by atoms with van der Waals surface area (Å²) in [4.78, 5) is 8.83. The van der Waals surface area contributed by atoms with Crippen LogP contribution in [-0.4, -0.2) is 18.4 Å². The Bertz CT molecular complexity index is 774. The quantitative estimate of drug-likeness (QED) is 0.900. The SMILES string of the molecule is NS(=O)(=O)c1cccc(Nc2ncc3c(n2)CCCC3)c1. The molecule has 0 fully saturated rings. The number of benzene rings is 1. The number of fused-ring (bicyclic) bond motifs is 1. The maximum Gasteiger partial charge on any atom is 0.238 e. The van der Waals surface area contributed by atoms with Gasteiger partial charge in [0.1, 0.15) is 0 Å². The highest BCUT2D eigenvalue weighted by Gasteiger charge is 2.13. The van der Waals surface area contributed by atoms with Crippen LogP contribution in [0.3, 0.4) is 0 Å². The van der Waals surface area contributed by atoms with E-state index in [0.717, 1.165) is 25.0 Å².